The van der Waals surface area contributed by atoms with E-state index < -0.39 is 5.82 Å². The third-order valence-electron chi connectivity index (χ3n) is 5.67. The Kier molecular flexibility index (Phi) is 6.04. The van der Waals surface area contributed by atoms with E-state index in [9.17, 15) is 4.39 Å². The molecule has 0 fully saturated rings. The minimum absolute atomic E-state index is 0.257. The summed E-state index contributed by atoms with van der Waals surface area (Å²) in [5, 5.41) is 0.309. The van der Waals surface area contributed by atoms with Crippen LogP contribution < -0.4 is 0 Å². The first-order valence-corrected chi connectivity index (χ1v) is 12.0. The van der Waals surface area contributed by atoms with Crippen LogP contribution in [0.4, 0.5) is 4.39 Å². The standard InChI is InChI=1S/C26H21BrClFN4/c1-2-3-15-33-21-10-5-4-9-20(21)30-26(33)17-13-11-16(12-14-17)23-24(27)32-25(31-23)22-18(28)7-6-8-19(22)29/h4-14H,2-3,15H2,1H3,(H,31,32). The number of imidazole rings is 2. The summed E-state index contributed by atoms with van der Waals surface area (Å²) in [7, 11) is 0. The second-order valence-electron chi connectivity index (χ2n) is 7.85. The van der Waals surface area contributed by atoms with Gasteiger partial charge in [-0.15, -0.1) is 0 Å². The number of hydrogen-bond acceptors (Lipinski definition) is 2. The van der Waals surface area contributed by atoms with Crippen molar-refractivity contribution in [3.8, 4) is 34.0 Å². The van der Waals surface area contributed by atoms with Crippen LogP contribution in [-0.4, -0.2) is 19.5 Å². The van der Waals surface area contributed by atoms with Gasteiger partial charge in [0, 0.05) is 17.7 Å². The number of nitrogens with zero attached hydrogens (tertiary/aromatic N) is 3. The van der Waals surface area contributed by atoms with Gasteiger partial charge >= 0.3 is 0 Å². The molecule has 7 heteroatoms. The van der Waals surface area contributed by atoms with Crippen molar-refractivity contribution < 1.29 is 4.39 Å². The van der Waals surface area contributed by atoms with Crippen molar-refractivity contribution in [1.29, 1.82) is 0 Å². The van der Waals surface area contributed by atoms with Gasteiger partial charge in [0.05, 0.1) is 21.6 Å². The summed E-state index contributed by atoms with van der Waals surface area (Å²) in [5.74, 6) is 0.915. The summed E-state index contributed by atoms with van der Waals surface area (Å²) in [6.45, 7) is 3.11. The highest BCUT2D eigenvalue weighted by molar-refractivity contribution is 9.10. The molecular weight excluding hydrogens is 503 g/mol. The number of hydrogen-bond donors (Lipinski definition) is 1. The van der Waals surface area contributed by atoms with E-state index in [0.29, 0.717) is 21.1 Å². The van der Waals surface area contributed by atoms with E-state index in [1.54, 1.807) is 12.1 Å². The molecule has 0 radical (unpaired) electrons. The molecule has 0 aliphatic rings. The van der Waals surface area contributed by atoms with Crippen LogP contribution in [0.15, 0.2) is 71.3 Å². The Labute approximate surface area is 204 Å². The second kappa shape index (κ2) is 9.12. The van der Waals surface area contributed by atoms with E-state index in [2.05, 4.69) is 55.6 Å². The molecule has 1 N–H and O–H groups in total. The minimum atomic E-state index is -0.420. The van der Waals surface area contributed by atoms with Crippen molar-refractivity contribution in [2.75, 3.05) is 0 Å². The molecule has 5 rings (SSSR count). The molecule has 0 amide bonds. The van der Waals surface area contributed by atoms with E-state index in [1.165, 1.54) is 6.07 Å². The summed E-state index contributed by atoms with van der Waals surface area (Å²) in [5.41, 5.74) is 5.02. The molecule has 33 heavy (non-hydrogen) atoms. The zero-order valence-corrected chi connectivity index (χ0v) is 20.3. The lowest BCUT2D eigenvalue weighted by Crippen LogP contribution is -2.00. The van der Waals surface area contributed by atoms with Crippen LogP contribution in [0.2, 0.25) is 5.02 Å². The highest BCUT2D eigenvalue weighted by Gasteiger charge is 2.18. The highest BCUT2D eigenvalue weighted by Crippen LogP contribution is 2.35. The van der Waals surface area contributed by atoms with Gasteiger partial charge in [-0.25, -0.2) is 14.4 Å². The van der Waals surface area contributed by atoms with Gasteiger partial charge < -0.3 is 9.55 Å². The average molecular weight is 524 g/mol. The Morgan fingerprint density at radius 3 is 2.48 bits per heavy atom. The molecule has 0 saturated carbocycles. The molecule has 166 valence electrons. The number of aromatic nitrogens is 4. The van der Waals surface area contributed by atoms with Crippen molar-refractivity contribution >= 4 is 38.6 Å². The number of H-pyrrole nitrogens is 1. The van der Waals surface area contributed by atoms with Crippen LogP contribution in [0.3, 0.4) is 0 Å². The molecule has 3 aromatic carbocycles. The Bertz CT molecular complexity index is 1420. The van der Waals surface area contributed by atoms with Crippen molar-refractivity contribution in [3.05, 3.63) is 82.2 Å². The van der Waals surface area contributed by atoms with Crippen molar-refractivity contribution in [3.63, 3.8) is 0 Å². The average Bonchev–Trinajstić information content (AvgIpc) is 3.38. The van der Waals surface area contributed by atoms with Crippen LogP contribution >= 0.6 is 27.5 Å². The molecule has 0 saturated heterocycles. The molecular formula is C26H21BrClFN4. The number of rotatable bonds is 6. The third kappa shape index (κ3) is 4.09. The molecule has 2 heterocycles. The number of halogens is 3. The van der Waals surface area contributed by atoms with Gasteiger partial charge in [-0.1, -0.05) is 67.4 Å². The summed E-state index contributed by atoms with van der Waals surface area (Å²) in [4.78, 5) is 12.6. The van der Waals surface area contributed by atoms with Gasteiger partial charge in [-0.2, -0.15) is 0 Å². The second-order valence-corrected chi connectivity index (χ2v) is 9.05. The maximum absolute atomic E-state index is 14.4. The number of aromatic amines is 1. The van der Waals surface area contributed by atoms with Crippen LogP contribution in [-0.2, 0) is 6.54 Å². The first kappa shape index (κ1) is 21.9. The number of nitrogens with one attached hydrogen (secondary N) is 1. The monoisotopic (exact) mass is 522 g/mol. The van der Waals surface area contributed by atoms with E-state index in [4.69, 9.17) is 16.6 Å². The van der Waals surface area contributed by atoms with Crippen LogP contribution in [0.5, 0.6) is 0 Å². The van der Waals surface area contributed by atoms with E-state index in [0.717, 1.165) is 47.4 Å². The van der Waals surface area contributed by atoms with E-state index in [1.807, 2.05) is 30.3 Å². The van der Waals surface area contributed by atoms with Gasteiger partial charge in [0.25, 0.3) is 0 Å². The first-order valence-electron chi connectivity index (χ1n) is 10.8. The number of aryl methyl sites for hydroxylation is 1. The van der Waals surface area contributed by atoms with Crippen molar-refractivity contribution in [2.45, 2.75) is 26.3 Å². The fourth-order valence-corrected chi connectivity index (χ4v) is 4.76. The molecule has 4 nitrogen and oxygen atoms in total. The smallest absolute Gasteiger partial charge is 0.143 e. The third-order valence-corrected chi connectivity index (χ3v) is 6.55. The maximum Gasteiger partial charge on any atom is 0.143 e. The van der Waals surface area contributed by atoms with E-state index >= 15 is 0 Å². The summed E-state index contributed by atoms with van der Waals surface area (Å²) < 4.78 is 17.3. The Morgan fingerprint density at radius 1 is 0.970 bits per heavy atom. The summed E-state index contributed by atoms with van der Waals surface area (Å²) in [6.07, 6.45) is 2.21. The molecule has 0 unspecified atom stereocenters. The predicted octanol–water partition coefficient (Wildman–Crippen LogP) is 8.12. The molecule has 0 aliphatic heterocycles. The summed E-state index contributed by atoms with van der Waals surface area (Å²) >= 11 is 9.75. The zero-order valence-electron chi connectivity index (χ0n) is 17.9. The summed E-state index contributed by atoms with van der Waals surface area (Å²) in [6, 6.07) is 20.9. The fraction of sp³-hybridized carbons (Fsp3) is 0.154. The zero-order chi connectivity index (χ0) is 22.9. The van der Waals surface area contributed by atoms with Gasteiger partial charge in [0.2, 0.25) is 0 Å². The Morgan fingerprint density at radius 2 is 1.73 bits per heavy atom. The number of para-hydroxylation sites is 2. The highest BCUT2D eigenvalue weighted by atomic mass is 79.9. The van der Waals surface area contributed by atoms with Gasteiger partial charge in [0.15, 0.2) is 0 Å². The normalized spacial score (nSPS) is 11.4. The Hall–Kier alpha value is -2.96. The molecule has 5 aromatic rings. The Balaban J connectivity index is 1.52. The number of benzene rings is 3. The van der Waals surface area contributed by atoms with Crippen LogP contribution in [0, 0.1) is 5.82 Å². The molecule has 0 spiro atoms. The molecule has 0 bridgehead atoms. The quantitative estimate of drug-likeness (QED) is 0.244. The number of unbranched alkanes of at least 4 members (excludes halogenated alkanes) is 1. The van der Waals surface area contributed by atoms with Gasteiger partial charge in [-0.05, 0) is 46.6 Å². The van der Waals surface area contributed by atoms with Crippen molar-refractivity contribution in [1.82, 2.24) is 19.5 Å². The largest absolute Gasteiger partial charge is 0.332 e. The number of fused-ring (bicyclic) bond motifs is 1. The molecule has 0 aliphatic carbocycles. The lowest BCUT2D eigenvalue weighted by molar-refractivity contribution is 0.630. The van der Waals surface area contributed by atoms with Crippen LogP contribution in [0.25, 0.3) is 45.1 Å². The SMILES string of the molecule is CCCCn1c(-c2ccc(-c3nc(-c4c(F)cccc4Cl)[nH]c3Br)cc2)nc2ccccc21. The fourth-order valence-electron chi connectivity index (χ4n) is 4.00. The molecule has 0 atom stereocenters. The predicted molar refractivity (Wildman–Crippen MR) is 136 cm³/mol. The first-order chi connectivity index (χ1) is 16.1. The van der Waals surface area contributed by atoms with Crippen LogP contribution in [0.1, 0.15) is 19.8 Å². The van der Waals surface area contributed by atoms with Gasteiger partial charge in [0.1, 0.15) is 27.8 Å². The van der Waals surface area contributed by atoms with Crippen molar-refractivity contribution in [2.24, 2.45) is 0 Å². The molecule has 2 aromatic heterocycles. The lowest BCUT2D eigenvalue weighted by Gasteiger charge is -2.09. The van der Waals surface area contributed by atoms with E-state index in [-0.39, 0.29) is 5.56 Å². The maximum atomic E-state index is 14.4. The topological polar surface area (TPSA) is 46.5 Å². The minimum Gasteiger partial charge on any atom is -0.332 e. The van der Waals surface area contributed by atoms with Gasteiger partial charge in [-0.3, -0.25) is 0 Å². The lowest BCUT2D eigenvalue weighted by atomic mass is 10.1.